The van der Waals surface area contributed by atoms with Crippen molar-refractivity contribution in [1.82, 2.24) is 10.0 Å². The van der Waals surface area contributed by atoms with Crippen LogP contribution in [-0.4, -0.2) is 27.5 Å². The Morgan fingerprint density at radius 1 is 0.686 bits per heavy atom. The number of hydrogen-bond acceptors (Lipinski definition) is 5. The molecule has 0 bridgehead atoms. The van der Waals surface area contributed by atoms with Gasteiger partial charge in [0.2, 0.25) is 11.8 Å². The highest BCUT2D eigenvalue weighted by Crippen LogP contribution is 2.36. The highest BCUT2D eigenvalue weighted by atomic mass is 16.7. The minimum absolute atomic E-state index is 0.193. The van der Waals surface area contributed by atoms with Gasteiger partial charge in [-0.1, -0.05) is 97.4 Å². The van der Waals surface area contributed by atoms with Crippen LogP contribution in [0.1, 0.15) is 42.4 Å². The Labute approximate surface area is 205 Å². The van der Waals surface area contributed by atoms with Gasteiger partial charge in [0.15, 0.2) is 0 Å². The number of nitrogens with zero attached hydrogens (tertiary/aromatic N) is 1. The van der Waals surface area contributed by atoms with E-state index in [9.17, 15) is 15.0 Å². The van der Waals surface area contributed by atoms with E-state index in [2.05, 4.69) is 78.1 Å². The van der Waals surface area contributed by atoms with Crippen LogP contribution in [0.2, 0.25) is 0 Å². The van der Waals surface area contributed by atoms with Crippen molar-refractivity contribution in [2.75, 3.05) is 6.54 Å². The third-order valence-electron chi connectivity index (χ3n) is 6.06. The Kier molecular flexibility index (Phi) is 7.85. The molecule has 4 rings (SSSR count). The zero-order valence-corrected chi connectivity index (χ0v) is 19.5. The first kappa shape index (κ1) is 24.1. The molecule has 1 aromatic heterocycles. The molecule has 4 aromatic rings. The van der Waals surface area contributed by atoms with Gasteiger partial charge in [-0.05, 0) is 36.1 Å². The first-order chi connectivity index (χ1) is 17.1. The van der Waals surface area contributed by atoms with Crippen molar-refractivity contribution in [1.29, 1.82) is 0 Å². The summed E-state index contributed by atoms with van der Waals surface area (Å²) >= 11 is 0. The van der Waals surface area contributed by atoms with Crippen LogP contribution in [0, 0.1) is 0 Å². The molecule has 0 saturated heterocycles. The van der Waals surface area contributed by atoms with Crippen LogP contribution in [0.15, 0.2) is 103 Å². The lowest BCUT2D eigenvalue weighted by Gasteiger charge is -2.37. The fourth-order valence-corrected chi connectivity index (χ4v) is 4.36. The molecule has 3 aromatic carbocycles. The van der Waals surface area contributed by atoms with E-state index < -0.39 is 11.5 Å². The predicted octanol–water partition coefficient (Wildman–Crippen LogP) is 5.00. The van der Waals surface area contributed by atoms with E-state index in [-0.39, 0.29) is 18.2 Å². The van der Waals surface area contributed by atoms with Crippen LogP contribution in [0.25, 0.3) is 0 Å². The first-order valence-corrected chi connectivity index (χ1v) is 11.8. The number of aromatic nitrogens is 1. The van der Waals surface area contributed by atoms with Gasteiger partial charge >= 0.3 is 5.97 Å². The fraction of sp³-hybridized carbons (Fsp3) is 0.207. The Balaban J connectivity index is 1.43. The van der Waals surface area contributed by atoms with E-state index in [1.165, 1.54) is 12.1 Å². The predicted molar refractivity (Wildman–Crippen MR) is 135 cm³/mol. The number of benzene rings is 3. The molecule has 35 heavy (non-hydrogen) atoms. The minimum Gasteiger partial charge on any atom is -0.492 e. The number of unbranched alkanes of at least 4 members (excludes halogenated alkanes) is 2. The van der Waals surface area contributed by atoms with Crippen LogP contribution in [0.5, 0.6) is 11.8 Å². The standard InChI is InChI=1S/C29H30N2O4/c32-26-20-21-27(33)31(26)35-28(34)19-11-4-12-22-30-29(23-13-5-1-6-14-23,24-15-7-2-8-16-24)25-17-9-3-10-18-25/h1-3,5-10,13-18,20-21,30,32-33H,4,11-12,19,22H2. The van der Waals surface area contributed by atoms with E-state index in [4.69, 9.17) is 4.84 Å². The number of aromatic hydroxyl groups is 2. The number of hydrogen-bond donors (Lipinski definition) is 3. The zero-order valence-electron chi connectivity index (χ0n) is 19.5. The second-order valence-electron chi connectivity index (χ2n) is 8.39. The zero-order chi connectivity index (χ0) is 24.5. The molecule has 0 aliphatic rings. The maximum atomic E-state index is 12.1. The smallest absolute Gasteiger partial charge is 0.333 e. The fourth-order valence-electron chi connectivity index (χ4n) is 4.36. The normalized spacial score (nSPS) is 11.3. The Morgan fingerprint density at radius 2 is 1.14 bits per heavy atom. The molecular formula is C29H30N2O4. The topological polar surface area (TPSA) is 83.7 Å². The van der Waals surface area contributed by atoms with Gasteiger partial charge in [0.1, 0.15) is 0 Å². The first-order valence-electron chi connectivity index (χ1n) is 11.8. The second kappa shape index (κ2) is 11.4. The van der Waals surface area contributed by atoms with Crippen LogP contribution in [0.3, 0.4) is 0 Å². The molecular weight excluding hydrogens is 440 g/mol. The van der Waals surface area contributed by atoms with E-state index >= 15 is 0 Å². The van der Waals surface area contributed by atoms with Crippen LogP contribution in [-0.2, 0) is 10.3 Å². The van der Waals surface area contributed by atoms with Crippen LogP contribution in [0.4, 0.5) is 0 Å². The average Bonchev–Trinajstić information content (AvgIpc) is 3.22. The number of nitrogens with one attached hydrogen (secondary N) is 1. The van der Waals surface area contributed by atoms with Crippen molar-refractivity contribution in [3.63, 3.8) is 0 Å². The molecule has 6 nitrogen and oxygen atoms in total. The van der Waals surface area contributed by atoms with E-state index in [0.29, 0.717) is 6.42 Å². The lowest BCUT2D eigenvalue weighted by Crippen LogP contribution is -2.45. The molecule has 0 aliphatic heterocycles. The summed E-state index contributed by atoms with van der Waals surface area (Å²) in [4.78, 5) is 17.1. The SMILES string of the molecule is O=C(CCCCCNC(c1ccccc1)(c1ccccc1)c1ccccc1)On1c(O)ccc1O. The molecule has 0 saturated carbocycles. The lowest BCUT2D eigenvalue weighted by molar-refractivity contribution is -0.145. The van der Waals surface area contributed by atoms with Gasteiger partial charge < -0.3 is 15.1 Å². The lowest BCUT2D eigenvalue weighted by atomic mass is 9.77. The van der Waals surface area contributed by atoms with Crippen molar-refractivity contribution < 1.29 is 19.8 Å². The maximum Gasteiger partial charge on any atom is 0.333 e. The third kappa shape index (κ3) is 5.55. The molecule has 0 unspecified atom stereocenters. The van der Waals surface area contributed by atoms with Gasteiger partial charge in [0.25, 0.3) is 0 Å². The molecule has 0 aliphatic carbocycles. The minimum atomic E-state index is -0.508. The molecule has 6 heteroatoms. The molecule has 0 amide bonds. The summed E-state index contributed by atoms with van der Waals surface area (Å²) in [6.45, 7) is 0.743. The van der Waals surface area contributed by atoms with Crippen molar-refractivity contribution in [2.45, 2.75) is 31.2 Å². The largest absolute Gasteiger partial charge is 0.492 e. The molecule has 3 N–H and O–H groups in total. The quantitative estimate of drug-likeness (QED) is 0.212. The summed E-state index contributed by atoms with van der Waals surface area (Å²) in [6, 6.07) is 33.8. The Bertz CT molecular complexity index is 1090. The average molecular weight is 471 g/mol. The summed E-state index contributed by atoms with van der Waals surface area (Å²) in [5.74, 6) is -1.15. The van der Waals surface area contributed by atoms with Gasteiger partial charge in [-0.15, -0.1) is 4.73 Å². The maximum absolute atomic E-state index is 12.1. The van der Waals surface area contributed by atoms with Crippen LogP contribution >= 0.6 is 0 Å². The molecule has 180 valence electrons. The molecule has 0 fully saturated rings. The summed E-state index contributed by atoms with van der Waals surface area (Å²) in [5, 5.41) is 23.0. The Morgan fingerprint density at radius 3 is 1.60 bits per heavy atom. The van der Waals surface area contributed by atoms with Crippen molar-refractivity contribution in [2.24, 2.45) is 0 Å². The summed E-state index contributed by atoms with van der Waals surface area (Å²) < 4.78 is 0.720. The van der Waals surface area contributed by atoms with E-state index in [1.807, 2.05) is 18.2 Å². The summed E-state index contributed by atoms with van der Waals surface area (Å²) in [6.07, 6.45) is 2.51. The molecule has 0 spiro atoms. The summed E-state index contributed by atoms with van der Waals surface area (Å²) in [7, 11) is 0. The highest BCUT2D eigenvalue weighted by Gasteiger charge is 2.35. The van der Waals surface area contributed by atoms with Gasteiger partial charge in [0.05, 0.1) is 5.54 Å². The third-order valence-corrected chi connectivity index (χ3v) is 6.06. The van der Waals surface area contributed by atoms with Gasteiger partial charge in [0, 0.05) is 18.6 Å². The Hall–Kier alpha value is -4.03. The van der Waals surface area contributed by atoms with Crippen LogP contribution < -0.4 is 10.2 Å². The van der Waals surface area contributed by atoms with Crippen molar-refractivity contribution in [3.8, 4) is 11.8 Å². The monoisotopic (exact) mass is 470 g/mol. The second-order valence-corrected chi connectivity index (χ2v) is 8.39. The van der Waals surface area contributed by atoms with Gasteiger partial charge in [-0.3, -0.25) is 5.32 Å². The number of carbonyl (C=O) groups is 1. The molecule has 0 radical (unpaired) electrons. The van der Waals surface area contributed by atoms with E-state index in [1.54, 1.807) is 0 Å². The van der Waals surface area contributed by atoms with Crippen molar-refractivity contribution in [3.05, 3.63) is 120 Å². The molecule has 1 heterocycles. The van der Waals surface area contributed by atoms with E-state index in [0.717, 1.165) is 40.8 Å². The number of carbonyl (C=O) groups excluding carboxylic acids is 1. The highest BCUT2D eigenvalue weighted by molar-refractivity contribution is 5.69. The van der Waals surface area contributed by atoms with Gasteiger partial charge in [-0.25, -0.2) is 4.79 Å². The summed E-state index contributed by atoms with van der Waals surface area (Å²) in [5.41, 5.74) is 2.97. The van der Waals surface area contributed by atoms with Gasteiger partial charge in [-0.2, -0.15) is 0 Å². The number of rotatable bonds is 11. The molecule has 0 atom stereocenters. The van der Waals surface area contributed by atoms with Crippen molar-refractivity contribution >= 4 is 5.97 Å².